The number of hydrogen-bond donors (Lipinski definition) is 2. The zero-order chi connectivity index (χ0) is 24.3. The van der Waals surface area contributed by atoms with Crippen LogP contribution in [0.1, 0.15) is 34.0 Å². The van der Waals surface area contributed by atoms with Gasteiger partial charge in [-0.3, -0.25) is 10.1 Å². The van der Waals surface area contributed by atoms with Crippen molar-refractivity contribution in [2.24, 2.45) is 0 Å². The van der Waals surface area contributed by atoms with E-state index in [9.17, 15) is 23.6 Å². The minimum Gasteiger partial charge on any atom is -0.307 e. The quantitative estimate of drug-likeness (QED) is 0.448. The van der Waals surface area contributed by atoms with Crippen molar-refractivity contribution < 1.29 is 18.4 Å². The van der Waals surface area contributed by atoms with E-state index >= 15 is 0 Å². The molecule has 0 spiro atoms. The molecule has 2 N–H and O–H groups in total. The molecule has 1 atom stereocenters. The molecule has 0 aliphatic carbocycles. The molecular formula is C24H17Cl2F2N3O2. The normalized spacial score (nSPS) is 12.4. The highest BCUT2D eigenvalue weighted by Crippen LogP contribution is 2.38. The van der Waals surface area contributed by atoms with Crippen molar-refractivity contribution >= 4 is 40.8 Å². The number of hydrogen-bond acceptors (Lipinski definition) is 3. The third-order valence-corrected chi connectivity index (χ3v) is 5.73. The molecule has 168 valence electrons. The lowest BCUT2D eigenvalue weighted by Crippen LogP contribution is -2.35. The molecule has 1 unspecified atom stereocenters. The molecule has 0 saturated carbocycles. The van der Waals surface area contributed by atoms with Gasteiger partial charge in [0.25, 0.3) is 5.91 Å². The predicted octanol–water partition coefficient (Wildman–Crippen LogP) is 6.37. The summed E-state index contributed by atoms with van der Waals surface area (Å²) in [4.78, 5) is 24.4. The van der Waals surface area contributed by atoms with E-state index in [0.29, 0.717) is 21.7 Å². The highest BCUT2D eigenvalue weighted by atomic mass is 35.5. The van der Waals surface area contributed by atoms with Crippen molar-refractivity contribution in [1.82, 2.24) is 5.32 Å². The predicted molar refractivity (Wildman–Crippen MR) is 123 cm³/mol. The van der Waals surface area contributed by atoms with Gasteiger partial charge in [-0.2, -0.15) is 5.26 Å². The van der Waals surface area contributed by atoms with Crippen LogP contribution in [0.5, 0.6) is 0 Å². The second kappa shape index (κ2) is 9.57. The molecule has 5 nitrogen and oxygen atoms in total. The lowest BCUT2D eigenvalue weighted by atomic mass is 9.77. The summed E-state index contributed by atoms with van der Waals surface area (Å²) in [5.41, 5.74) is -0.00553. The second-order valence-electron chi connectivity index (χ2n) is 7.40. The van der Waals surface area contributed by atoms with E-state index in [2.05, 4.69) is 11.4 Å². The van der Waals surface area contributed by atoms with Gasteiger partial charge in [0.15, 0.2) is 0 Å². The van der Waals surface area contributed by atoms with E-state index in [1.54, 1.807) is 44.2 Å². The van der Waals surface area contributed by atoms with Crippen LogP contribution in [0.3, 0.4) is 0 Å². The van der Waals surface area contributed by atoms with Gasteiger partial charge in [0.05, 0.1) is 6.07 Å². The number of amides is 3. The van der Waals surface area contributed by atoms with Crippen molar-refractivity contribution in [3.8, 4) is 6.07 Å². The number of rotatable bonds is 4. The minimum atomic E-state index is -1.23. The monoisotopic (exact) mass is 487 g/mol. The van der Waals surface area contributed by atoms with Crippen molar-refractivity contribution in [1.29, 1.82) is 5.26 Å². The van der Waals surface area contributed by atoms with Crippen LogP contribution in [-0.2, 0) is 5.41 Å². The van der Waals surface area contributed by atoms with Gasteiger partial charge in [-0.25, -0.2) is 13.6 Å². The smallest absolute Gasteiger partial charge is 0.307 e. The second-order valence-corrected chi connectivity index (χ2v) is 8.24. The van der Waals surface area contributed by atoms with Crippen molar-refractivity contribution in [2.75, 3.05) is 5.32 Å². The van der Waals surface area contributed by atoms with Gasteiger partial charge < -0.3 is 5.32 Å². The van der Waals surface area contributed by atoms with E-state index in [1.807, 2.05) is 5.32 Å². The van der Waals surface area contributed by atoms with Crippen LogP contribution >= 0.6 is 23.2 Å². The lowest BCUT2D eigenvalue weighted by Gasteiger charge is -2.25. The molecule has 3 aromatic rings. The summed E-state index contributed by atoms with van der Waals surface area (Å²) in [7, 11) is 0. The average molecular weight is 488 g/mol. The number of nitriles is 1. The number of imide groups is 1. The summed E-state index contributed by atoms with van der Waals surface area (Å²) in [5.74, 6) is -3.42. The molecule has 3 rings (SSSR count). The van der Waals surface area contributed by atoms with E-state index in [0.717, 1.165) is 18.2 Å². The third-order valence-electron chi connectivity index (χ3n) is 5.16. The first-order chi connectivity index (χ1) is 15.6. The number of nitrogens with zero attached hydrogens (tertiary/aromatic N) is 1. The van der Waals surface area contributed by atoms with E-state index in [4.69, 9.17) is 23.2 Å². The van der Waals surface area contributed by atoms with Gasteiger partial charge in [0, 0.05) is 15.7 Å². The van der Waals surface area contributed by atoms with Gasteiger partial charge >= 0.3 is 6.03 Å². The third kappa shape index (κ3) is 4.98. The first kappa shape index (κ1) is 24.2. The number of nitrogens with one attached hydrogen (secondary N) is 2. The van der Waals surface area contributed by atoms with Gasteiger partial charge in [-0.05, 0) is 60.9 Å². The van der Waals surface area contributed by atoms with Crippen molar-refractivity contribution in [3.05, 3.63) is 98.5 Å². The maximum atomic E-state index is 13.8. The van der Waals surface area contributed by atoms with Crippen LogP contribution in [0.2, 0.25) is 10.0 Å². The van der Waals surface area contributed by atoms with Crippen LogP contribution in [0.15, 0.2) is 54.6 Å². The van der Waals surface area contributed by atoms with Crippen LogP contribution in [-0.4, -0.2) is 11.9 Å². The lowest BCUT2D eigenvalue weighted by molar-refractivity contribution is 0.0959. The summed E-state index contributed by atoms with van der Waals surface area (Å²) in [6.45, 7) is 3.38. The van der Waals surface area contributed by atoms with Crippen molar-refractivity contribution in [3.63, 3.8) is 0 Å². The first-order valence-corrected chi connectivity index (χ1v) is 10.4. The molecule has 3 amide bonds. The van der Waals surface area contributed by atoms with E-state index in [-0.39, 0.29) is 10.7 Å². The Hall–Kier alpha value is -3.47. The maximum absolute atomic E-state index is 13.8. The van der Waals surface area contributed by atoms with Gasteiger partial charge in [0.2, 0.25) is 0 Å². The number of urea groups is 1. The molecule has 0 fully saturated rings. The van der Waals surface area contributed by atoms with Crippen LogP contribution in [0.25, 0.3) is 0 Å². The Morgan fingerprint density at radius 2 is 1.64 bits per heavy atom. The zero-order valence-corrected chi connectivity index (χ0v) is 19.0. The molecule has 0 radical (unpaired) electrons. The molecule has 3 aromatic carbocycles. The molecule has 33 heavy (non-hydrogen) atoms. The summed E-state index contributed by atoms with van der Waals surface area (Å²) >= 11 is 12.4. The summed E-state index contributed by atoms with van der Waals surface area (Å²) in [6, 6.07) is 14.1. The Kier molecular flexibility index (Phi) is 7.01. The SMILES string of the molecule is Cc1cc(C(C)(C#N)c2ccc(Cl)cc2)c(Cl)cc1NC(=O)NC(=O)c1c(F)cccc1F. The molecule has 9 heteroatoms. The fourth-order valence-electron chi connectivity index (χ4n) is 3.30. The molecule has 0 saturated heterocycles. The van der Waals surface area contributed by atoms with Crippen molar-refractivity contribution in [2.45, 2.75) is 19.3 Å². The molecule has 0 heterocycles. The summed E-state index contributed by atoms with van der Waals surface area (Å²) < 4.78 is 27.5. The molecule has 0 aliphatic heterocycles. The Morgan fingerprint density at radius 1 is 1.03 bits per heavy atom. The minimum absolute atomic E-state index is 0.196. The Balaban J connectivity index is 1.85. The summed E-state index contributed by atoms with van der Waals surface area (Å²) in [5, 5.41) is 15.0. The van der Waals surface area contributed by atoms with Crippen LogP contribution in [0.4, 0.5) is 19.3 Å². The van der Waals surface area contributed by atoms with Gasteiger partial charge in [0.1, 0.15) is 22.6 Å². The zero-order valence-electron chi connectivity index (χ0n) is 17.5. The fraction of sp³-hybridized carbons (Fsp3) is 0.125. The molecule has 0 aromatic heterocycles. The fourth-order valence-corrected chi connectivity index (χ4v) is 3.78. The van der Waals surface area contributed by atoms with Crippen LogP contribution in [0, 0.1) is 29.9 Å². The topological polar surface area (TPSA) is 82.0 Å². The highest BCUT2D eigenvalue weighted by molar-refractivity contribution is 6.32. The Labute approximate surface area is 198 Å². The van der Waals surface area contributed by atoms with E-state index in [1.165, 1.54) is 6.07 Å². The number of halogens is 4. The average Bonchev–Trinajstić information content (AvgIpc) is 2.75. The standard InChI is InChI=1S/C24H17Cl2F2N3O2/c1-13-10-16(24(2,12-29)14-6-8-15(25)9-7-14)17(26)11-20(13)30-23(33)31-22(32)21-18(27)4-3-5-19(21)28/h3-11H,1-2H3,(H2,30,31,32,33). The number of carbonyl (C=O) groups is 2. The maximum Gasteiger partial charge on any atom is 0.326 e. The number of anilines is 1. The van der Waals surface area contributed by atoms with Gasteiger partial charge in [-0.15, -0.1) is 0 Å². The Bertz CT molecular complexity index is 1270. The Morgan fingerprint density at radius 3 is 2.21 bits per heavy atom. The number of benzene rings is 3. The first-order valence-electron chi connectivity index (χ1n) is 9.61. The summed E-state index contributed by atoms with van der Waals surface area (Å²) in [6.07, 6.45) is 0. The van der Waals surface area contributed by atoms with Crippen LogP contribution < -0.4 is 10.6 Å². The van der Waals surface area contributed by atoms with E-state index < -0.39 is 34.6 Å². The van der Waals surface area contributed by atoms with Gasteiger partial charge in [-0.1, -0.05) is 47.5 Å². The highest BCUT2D eigenvalue weighted by Gasteiger charge is 2.32. The number of carbonyl (C=O) groups excluding carboxylic acids is 2. The molecular weight excluding hydrogens is 471 g/mol. The number of aryl methyl sites for hydroxylation is 1. The largest absolute Gasteiger partial charge is 0.326 e. The molecule has 0 bridgehead atoms. The molecule has 0 aliphatic rings.